The van der Waals surface area contributed by atoms with Crippen LogP contribution in [0.1, 0.15) is 33.6 Å². The lowest BCUT2D eigenvalue weighted by Gasteiger charge is -2.46. The number of rotatable bonds is 4. The van der Waals surface area contributed by atoms with E-state index in [9.17, 15) is 14.0 Å². The van der Waals surface area contributed by atoms with Crippen LogP contribution < -0.4 is 0 Å². The van der Waals surface area contributed by atoms with Crippen molar-refractivity contribution in [1.82, 2.24) is 0 Å². The molecule has 22 heavy (non-hydrogen) atoms. The van der Waals surface area contributed by atoms with Crippen molar-refractivity contribution in [3.8, 4) is 0 Å². The topological polar surface area (TPSA) is 80.3 Å². The van der Waals surface area contributed by atoms with Crippen molar-refractivity contribution in [2.24, 2.45) is 0 Å². The monoisotopic (exact) mass is 320 g/mol. The van der Waals surface area contributed by atoms with E-state index in [0.29, 0.717) is 6.42 Å². The van der Waals surface area contributed by atoms with E-state index >= 15 is 0 Å². The molecule has 0 saturated carbocycles. The lowest BCUT2D eigenvalue weighted by atomic mass is 9.98. The molecule has 2 aliphatic heterocycles. The fraction of sp³-hybridized carbons (Fsp3) is 0.857. The molecule has 8 heteroatoms. The zero-order chi connectivity index (χ0) is 16.3. The maximum absolute atomic E-state index is 14.1. The highest BCUT2D eigenvalue weighted by molar-refractivity contribution is 5.67. The predicted octanol–water partition coefficient (Wildman–Crippen LogP) is 1.09. The minimum absolute atomic E-state index is 0.125. The van der Waals surface area contributed by atoms with E-state index in [1.54, 1.807) is 0 Å². The fourth-order valence-corrected chi connectivity index (χ4v) is 2.61. The number of hydrogen-bond donors (Lipinski definition) is 0. The molecule has 2 saturated heterocycles. The van der Waals surface area contributed by atoms with E-state index < -0.39 is 49.0 Å². The average molecular weight is 320 g/mol. The molecule has 0 spiro atoms. The smallest absolute Gasteiger partial charge is 0.303 e. The van der Waals surface area contributed by atoms with Gasteiger partial charge < -0.3 is 23.7 Å². The summed E-state index contributed by atoms with van der Waals surface area (Å²) >= 11 is 0. The van der Waals surface area contributed by atoms with Crippen LogP contribution in [0.25, 0.3) is 0 Å². The maximum atomic E-state index is 14.1. The van der Waals surface area contributed by atoms with E-state index in [1.165, 1.54) is 6.92 Å². The minimum Gasteiger partial charge on any atom is -0.455 e. The third-order valence-corrected chi connectivity index (χ3v) is 3.46. The average Bonchev–Trinajstić information content (AvgIpc) is 2.43. The summed E-state index contributed by atoms with van der Waals surface area (Å²) in [6.45, 7) is 4.44. The highest BCUT2D eigenvalue weighted by atomic mass is 19.1. The summed E-state index contributed by atoms with van der Waals surface area (Å²) in [5.74, 6) is -1.30. The number of halogens is 1. The summed E-state index contributed by atoms with van der Waals surface area (Å²) in [4.78, 5) is 22.5. The molecule has 7 nitrogen and oxygen atoms in total. The van der Waals surface area contributed by atoms with Gasteiger partial charge in [-0.1, -0.05) is 13.3 Å². The van der Waals surface area contributed by atoms with Gasteiger partial charge in [0.1, 0.15) is 12.2 Å². The van der Waals surface area contributed by atoms with E-state index in [2.05, 4.69) is 0 Å². The SMILES string of the molecule is CCC[C@@H]1OC[C@H]2O[C@H](F)[C@H](OC(C)=O)[C@@H](OC(C)=O)[C@@H]2O1. The lowest BCUT2D eigenvalue weighted by molar-refractivity contribution is -0.342. The Bertz CT molecular complexity index is 416. The molecule has 0 aromatic heterocycles. The standard InChI is InChI=1S/C14H21FO7/c1-4-5-10-18-6-9-11(22-10)12(19-7(2)16)13(14(15)21-9)20-8(3)17/h9-14H,4-6H2,1-3H3/t9-,10-,11-,12+,13-,14+/m1/s1. The highest BCUT2D eigenvalue weighted by Crippen LogP contribution is 2.33. The first-order valence-corrected chi connectivity index (χ1v) is 7.33. The van der Waals surface area contributed by atoms with Crippen LogP contribution >= 0.6 is 0 Å². The van der Waals surface area contributed by atoms with Gasteiger partial charge in [0.25, 0.3) is 0 Å². The number of alkyl halides is 1. The Morgan fingerprint density at radius 3 is 2.36 bits per heavy atom. The van der Waals surface area contributed by atoms with Crippen molar-refractivity contribution in [2.75, 3.05) is 6.61 Å². The van der Waals surface area contributed by atoms with Crippen LogP contribution in [0, 0.1) is 0 Å². The molecular weight excluding hydrogens is 299 g/mol. The molecule has 2 rings (SSSR count). The number of ether oxygens (including phenoxy) is 5. The second-order valence-electron chi connectivity index (χ2n) is 5.33. The largest absolute Gasteiger partial charge is 0.455 e. The summed E-state index contributed by atoms with van der Waals surface area (Å²) in [7, 11) is 0. The van der Waals surface area contributed by atoms with E-state index in [0.717, 1.165) is 13.3 Å². The summed E-state index contributed by atoms with van der Waals surface area (Å²) in [5, 5.41) is 0. The number of esters is 2. The van der Waals surface area contributed by atoms with Crippen molar-refractivity contribution in [1.29, 1.82) is 0 Å². The van der Waals surface area contributed by atoms with Crippen LogP contribution in [0.2, 0.25) is 0 Å². The molecule has 6 atom stereocenters. The third-order valence-electron chi connectivity index (χ3n) is 3.46. The van der Waals surface area contributed by atoms with Crippen molar-refractivity contribution in [2.45, 2.75) is 70.7 Å². The van der Waals surface area contributed by atoms with Gasteiger partial charge in [-0.3, -0.25) is 9.59 Å². The molecule has 126 valence electrons. The van der Waals surface area contributed by atoms with Crippen LogP contribution in [0.5, 0.6) is 0 Å². The minimum atomic E-state index is -1.91. The Morgan fingerprint density at radius 2 is 1.77 bits per heavy atom. The van der Waals surface area contributed by atoms with Crippen LogP contribution in [0.3, 0.4) is 0 Å². The fourth-order valence-electron chi connectivity index (χ4n) is 2.61. The Labute approximate surface area is 128 Å². The van der Waals surface area contributed by atoms with Gasteiger partial charge in [0.15, 0.2) is 18.5 Å². The Morgan fingerprint density at radius 1 is 1.14 bits per heavy atom. The third kappa shape index (κ3) is 3.93. The molecule has 0 aromatic rings. The number of fused-ring (bicyclic) bond motifs is 1. The predicted molar refractivity (Wildman–Crippen MR) is 70.4 cm³/mol. The highest BCUT2D eigenvalue weighted by Gasteiger charge is 2.53. The van der Waals surface area contributed by atoms with Gasteiger partial charge in [0.05, 0.1) is 6.61 Å². The molecule has 2 fully saturated rings. The molecular formula is C14H21FO7. The first-order chi connectivity index (χ1) is 10.4. The van der Waals surface area contributed by atoms with Crippen molar-refractivity contribution < 1.29 is 37.7 Å². The summed E-state index contributed by atoms with van der Waals surface area (Å²) < 4.78 is 40.5. The van der Waals surface area contributed by atoms with Crippen LogP contribution in [0.15, 0.2) is 0 Å². The van der Waals surface area contributed by atoms with Gasteiger partial charge in [0.2, 0.25) is 6.36 Å². The molecule has 0 radical (unpaired) electrons. The van der Waals surface area contributed by atoms with Crippen molar-refractivity contribution >= 4 is 11.9 Å². The molecule has 2 aliphatic rings. The second-order valence-corrected chi connectivity index (χ2v) is 5.33. The van der Waals surface area contributed by atoms with Crippen molar-refractivity contribution in [3.63, 3.8) is 0 Å². The summed E-state index contributed by atoms with van der Waals surface area (Å²) in [5.41, 5.74) is 0. The van der Waals surface area contributed by atoms with E-state index in [-0.39, 0.29) is 6.61 Å². The Balaban J connectivity index is 2.18. The quantitative estimate of drug-likeness (QED) is 0.717. The molecule has 2 heterocycles. The number of carbonyl (C=O) groups excluding carboxylic acids is 2. The van der Waals surface area contributed by atoms with Gasteiger partial charge in [-0.05, 0) is 6.42 Å². The maximum Gasteiger partial charge on any atom is 0.303 e. The molecule has 0 bridgehead atoms. The molecule has 0 aliphatic carbocycles. The van der Waals surface area contributed by atoms with E-state index in [1.807, 2.05) is 6.92 Å². The van der Waals surface area contributed by atoms with E-state index in [4.69, 9.17) is 23.7 Å². The van der Waals surface area contributed by atoms with Crippen LogP contribution in [0.4, 0.5) is 4.39 Å². The van der Waals surface area contributed by atoms with Gasteiger partial charge in [0, 0.05) is 13.8 Å². The number of carbonyl (C=O) groups is 2. The summed E-state index contributed by atoms with van der Waals surface area (Å²) in [6, 6.07) is 0. The molecule has 0 aromatic carbocycles. The van der Waals surface area contributed by atoms with Gasteiger partial charge in [-0.2, -0.15) is 0 Å². The Kier molecular flexibility index (Phi) is 5.71. The van der Waals surface area contributed by atoms with Crippen LogP contribution in [-0.4, -0.2) is 55.6 Å². The normalized spacial score (nSPS) is 38.0. The van der Waals surface area contributed by atoms with Crippen molar-refractivity contribution in [3.05, 3.63) is 0 Å². The zero-order valence-corrected chi connectivity index (χ0v) is 12.8. The lowest BCUT2D eigenvalue weighted by Crippen LogP contribution is -2.63. The molecule has 0 amide bonds. The first-order valence-electron chi connectivity index (χ1n) is 7.33. The first kappa shape index (κ1) is 17.1. The van der Waals surface area contributed by atoms with Crippen LogP contribution in [-0.2, 0) is 33.3 Å². The second kappa shape index (κ2) is 7.34. The van der Waals surface area contributed by atoms with Gasteiger partial charge >= 0.3 is 11.9 Å². The molecule has 0 unspecified atom stereocenters. The molecule has 0 N–H and O–H groups in total. The summed E-state index contributed by atoms with van der Waals surface area (Å²) in [6.07, 6.45) is -4.81. The van der Waals surface area contributed by atoms with Gasteiger partial charge in [-0.15, -0.1) is 0 Å². The Hall–Kier alpha value is -1.25. The van der Waals surface area contributed by atoms with Gasteiger partial charge in [-0.25, -0.2) is 4.39 Å². The zero-order valence-electron chi connectivity index (χ0n) is 12.8. The number of hydrogen-bond acceptors (Lipinski definition) is 7.